The lowest BCUT2D eigenvalue weighted by molar-refractivity contribution is -0.136. The Morgan fingerprint density at radius 1 is 1.33 bits per heavy atom. The van der Waals surface area contributed by atoms with E-state index in [4.69, 9.17) is 5.11 Å². The molecule has 2 aromatic rings. The first kappa shape index (κ1) is 9.45. The fourth-order valence-corrected chi connectivity index (χ4v) is 1.48. The van der Waals surface area contributed by atoms with Crippen LogP contribution in [0.4, 0.5) is 0 Å². The van der Waals surface area contributed by atoms with Crippen LogP contribution in [0.1, 0.15) is 5.56 Å². The Morgan fingerprint density at radius 2 is 2.13 bits per heavy atom. The largest absolute Gasteiger partial charge is 0.505 e. The fraction of sp³-hybridized carbons (Fsp3) is 0.0909. The van der Waals surface area contributed by atoms with Crippen molar-refractivity contribution in [3.63, 3.8) is 0 Å². The summed E-state index contributed by atoms with van der Waals surface area (Å²) in [7, 11) is 0. The fourth-order valence-electron chi connectivity index (χ4n) is 1.48. The van der Waals surface area contributed by atoms with Crippen LogP contribution in [0.15, 0.2) is 30.5 Å². The number of fused-ring (bicyclic) bond motifs is 1. The van der Waals surface area contributed by atoms with Crippen molar-refractivity contribution >= 4 is 16.9 Å². The molecule has 0 bridgehead atoms. The first-order valence-electron chi connectivity index (χ1n) is 4.46. The number of benzene rings is 1. The van der Waals surface area contributed by atoms with Crippen LogP contribution in [0, 0.1) is 0 Å². The van der Waals surface area contributed by atoms with Crippen molar-refractivity contribution in [2.45, 2.75) is 6.42 Å². The predicted octanol–water partition coefficient (Wildman–Crippen LogP) is 1.57. The third-order valence-corrected chi connectivity index (χ3v) is 2.17. The Morgan fingerprint density at radius 3 is 2.87 bits per heavy atom. The van der Waals surface area contributed by atoms with E-state index in [0.29, 0.717) is 11.1 Å². The summed E-state index contributed by atoms with van der Waals surface area (Å²) in [5.41, 5.74) is 0.824. The zero-order valence-corrected chi connectivity index (χ0v) is 7.84. The second kappa shape index (κ2) is 3.57. The molecule has 0 saturated heterocycles. The highest BCUT2D eigenvalue weighted by atomic mass is 16.4. The SMILES string of the molecule is O=C(O)Cc1ccc2cccnc2c1O. The monoisotopic (exact) mass is 203 g/mol. The minimum absolute atomic E-state index is 0.0458. The lowest BCUT2D eigenvalue weighted by atomic mass is 10.1. The minimum atomic E-state index is -0.972. The lowest BCUT2D eigenvalue weighted by Gasteiger charge is -2.04. The number of nitrogens with zero attached hydrogens (tertiary/aromatic N) is 1. The van der Waals surface area contributed by atoms with E-state index in [-0.39, 0.29) is 12.2 Å². The van der Waals surface area contributed by atoms with Gasteiger partial charge >= 0.3 is 5.97 Å². The molecule has 0 radical (unpaired) electrons. The van der Waals surface area contributed by atoms with Crippen LogP contribution in [0.25, 0.3) is 10.9 Å². The Hall–Kier alpha value is -2.10. The van der Waals surface area contributed by atoms with Gasteiger partial charge in [0.2, 0.25) is 0 Å². The quantitative estimate of drug-likeness (QED) is 0.777. The zero-order chi connectivity index (χ0) is 10.8. The predicted molar refractivity (Wildman–Crippen MR) is 54.7 cm³/mol. The van der Waals surface area contributed by atoms with E-state index in [2.05, 4.69) is 4.98 Å². The van der Waals surface area contributed by atoms with Crippen molar-refractivity contribution in [3.8, 4) is 5.75 Å². The third kappa shape index (κ3) is 1.74. The molecular formula is C11H9NO3. The maximum atomic E-state index is 10.5. The Balaban J connectivity index is 2.59. The molecule has 0 aliphatic carbocycles. The third-order valence-electron chi connectivity index (χ3n) is 2.17. The highest BCUT2D eigenvalue weighted by molar-refractivity contribution is 5.86. The molecule has 76 valence electrons. The Labute approximate surface area is 85.8 Å². The molecule has 1 aromatic carbocycles. The first-order chi connectivity index (χ1) is 7.18. The molecule has 4 heteroatoms. The standard InChI is InChI=1S/C11H9NO3/c13-9(14)6-8-4-3-7-2-1-5-12-10(7)11(8)15/h1-5,15H,6H2,(H,13,14). The molecule has 0 aliphatic heterocycles. The smallest absolute Gasteiger partial charge is 0.307 e. The number of pyridine rings is 1. The van der Waals surface area contributed by atoms with Gasteiger partial charge in [0.1, 0.15) is 11.3 Å². The number of carboxylic acids is 1. The van der Waals surface area contributed by atoms with E-state index in [1.165, 1.54) is 0 Å². The van der Waals surface area contributed by atoms with Crippen molar-refractivity contribution in [1.82, 2.24) is 4.98 Å². The van der Waals surface area contributed by atoms with Crippen LogP contribution >= 0.6 is 0 Å². The number of phenols is 1. The van der Waals surface area contributed by atoms with Gasteiger partial charge < -0.3 is 10.2 Å². The van der Waals surface area contributed by atoms with Crippen molar-refractivity contribution in [2.75, 3.05) is 0 Å². The number of rotatable bonds is 2. The van der Waals surface area contributed by atoms with Crippen molar-refractivity contribution in [2.24, 2.45) is 0 Å². The van der Waals surface area contributed by atoms with Gasteiger partial charge in [-0.15, -0.1) is 0 Å². The summed E-state index contributed by atoms with van der Waals surface area (Å²) < 4.78 is 0. The van der Waals surface area contributed by atoms with Gasteiger partial charge in [0.05, 0.1) is 6.42 Å². The molecule has 0 amide bonds. The highest BCUT2D eigenvalue weighted by Crippen LogP contribution is 2.26. The van der Waals surface area contributed by atoms with E-state index in [9.17, 15) is 9.90 Å². The average molecular weight is 203 g/mol. The Bertz CT molecular complexity index is 522. The average Bonchev–Trinajstić information content (AvgIpc) is 2.22. The normalized spacial score (nSPS) is 10.4. The number of carbonyl (C=O) groups is 1. The summed E-state index contributed by atoms with van der Waals surface area (Å²) in [4.78, 5) is 14.5. The second-order valence-electron chi connectivity index (χ2n) is 3.22. The molecular weight excluding hydrogens is 194 g/mol. The minimum Gasteiger partial charge on any atom is -0.505 e. The van der Waals surface area contributed by atoms with E-state index in [1.807, 2.05) is 6.07 Å². The van der Waals surface area contributed by atoms with E-state index in [0.717, 1.165) is 5.39 Å². The van der Waals surface area contributed by atoms with Gasteiger partial charge in [-0.3, -0.25) is 9.78 Å². The van der Waals surface area contributed by atoms with E-state index < -0.39 is 5.97 Å². The maximum Gasteiger partial charge on any atom is 0.307 e. The molecule has 4 nitrogen and oxygen atoms in total. The lowest BCUT2D eigenvalue weighted by Crippen LogP contribution is -2.00. The molecule has 0 aliphatic rings. The summed E-state index contributed by atoms with van der Waals surface area (Å²) in [6.45, 7) is 0. The molecule has 1 heterocycles. The van der Waals surface area contributed by atoms with Crippen molar-refractivity contribution in [1.29, 1.82) is 0 Å². The van der Waals surface area contributed by atoms with Gasteiger partial charge in [-0.25, -0.2) is 0 Å². The van der Waals surface area contributed by atoms with Crippen LogP contribution in [0.3, 0.4) is 0 Å². The Kier molecular flexibility index (Phi) is 2.25. The number of aromatic nitrogens is 1. The zero-order valence-electron chi connectivity index (χ0n) is 7.84. The summed E-state index contributed by atoms with van der Waals surface area (Å²) in [5, 5.41) is 19.2. The molecule has 0 unspecified atom stereocenters. The van der Waals surface area contributed by atoms with Gasteiger partial charge in [-0.1, -0.05) is 18.2 Å². The van der Waals surface area contributed by atoms with Crippen molar-refractivity contribution in [3.05, 3.63) is 36.0 Å². The number of phenolic OH excluding ortho intramolecular Hbond substituents is 1. The number of carboxylic acid groups (broad SMARTS) is 1. The highest BCUT2D eigenvalue weighted by Gasteiger charge is 2.09. The van der Waals surface area contributed by atoms with E-state index in [1.54, 1.807) is 24.4 Å². The molecule has 2 N–H and O–H groups in total. The number of aliphatic carboxylic acids is 1. The van der Waals surface area contributed by atoms with Gasteiger partial charge in [-0.2, -0.15) is 0 Å². The molecule has 0 atom stereocenters. The van der Waals surface area contributed by atoms with Crippen LogP contribution in [0.5, 0.6) is 5.75 Å². The first-order valence-corrected chi connectivity index (χ1v) is 4.46. The van der Waals surface area contributed by atoms with Crippen LogP contribution in [-0.2, 0) is 11.2 Å². The second-order valence-corrected chi connectivity index (χ2v) is 3.22. The van der Waals surface area contributed by atoms with Gasteiger partial charge in [-0.05, 0) is 6.07 Å². The van der Waals surface area contributed by atoms with Gasteiger partial charge in [0.15, 0.2) is 0 Å². The topological polar surface area (TPSA) is 70.4 Å². The summed E-state index contributed by atoms with van der Waals surface area (Å²) >= 11 is 0. The summed E-state index contributed by atoms with van der Waals surface area (Å²) in [6.07, 6.45) is 1.37. The molecule has 0 spiro atoms. The molecule has 2 rings (SSSR count). The van der Waals surface area contributed by atoms with Crippen molar-refractivity contribution < 1.29 is 15.0 Å². The molecule has 1 aromatic heterocycles. The van der Waals surface area contributed by atoms with Gasteiger partial charge in [0.25, 0.3) is 0 Å². The number of hydrogen-bond acceptors (Lipinski definition) is 3. The van der Waals surface area contributed by atoms with Crippen LogP contribution < -0.4 is 0 Å². The van der Waals surface area contributed by atoms with Crippen LogP contribution in [-0.4, -0.2) is 21.2 Å². The maximum absolute atomic E-state index is 10.5. The van der Waals surface area contributed by atoms with Gasteiger partial charge in [0, 0.05) is 17.1 Å². The number of aromatic hydroxyl groups is 1. The van der Waals surface area contributed by atoms with E-state index >= 15 is 0 Å². The summed E-state index contributed by atoms with van der Waals surface area (Å²) in [6, 6.07) is 6.93. The molecule has 0 fully saturated rings. The molecule has 15 heavy (non-hydrogen) atoms. The van der Waals surface area contributed by atoms with Crippen LogP contribution in [0.2, 0.25) is 0 Å². The molecule has 0 saturated carbocycles. The number of hydrogen-bond donors (Lipinski definition) is 2. The summed E-state index contributed by atoms with van der Waals surface area (Å²) in [5.74, 6) is -1.02.